The van der Waals surface area contributed by atoms with Crippen LogP contribution in [0.1, 0.15) is 75.8 Å². The van der Waals surface area contributed by atoms with Gasteiger partial charge in [-0.1, -0.05) is 48.5 Å². The average molecular weight is 1050 g/mol. The van der Waals surface area contributed by atoms with Crippen molar-refractivity contribution in [3.8, 4) is 0 Å². The van der Waals surface area contributed by atoms with E-state index in [1.54, 1.807) is 42.6 Å². The molecule has 406 valence electrons. The van der Waals surface area contributed by atoms with E-state index in [1.165, 1.54) is 0 Å². The second kappa shape index (κ2) is 29.7. The average Bonchev–Trinajstić information content (AvgIpc) is 3.76. The molecule has 0 aliphatic carbocycles. The molecule has 27 nitrogen and oxygen atoms in total. The van der Waals surface area contributed by atoms with Crippen LogP contribution in [0.3, 0.4) is 0 Å². The molecule has 0 unspecified atom stereocenters. The number of carbonyl (C=O) groups is 10. The number of guanidine groups is 2. The van der Waals surface area contributed by atoms with E-state index in [9.17, 15) is 53.1 Å². The molecule has 2 heterocycles. The van der Waals surface area contributed by atoms with E-state index in [2.05, 4.69) is 57.5 Å². The zero-order valence-corrected chi connectivity index (χ0v) is 41.5. The van der Waals surface area contributed by atoms with E-state index in [0.29, 0.717) is 11.1 Å². The number of aliphatic imine (C=N–C) groups is 2. The molecule has 7 atom stereocenters. The van der Waals surface area contributed by atoms with E-state index < -0.39 is 114 Å². The lowest BCUT2D eigenvalue weighted by atomic mass is 10.0. The minimum atomic E-state index is -1.93. The number of nitrogens with one attached hydrogen (secondary N) is 9. The molecule has 9 amide bonds. The first kappa shape index (κ1) is 58.8. The first-order valence-electron chi connectivity index (χ1n) is 24.3. The molecule has 1 aliphatic heterocycles. The number of H-pyrrole nitrogens is 1. The second-order valence-electron chi connectivity index (χ2n) is 17.8. The number of aliphatic carboxylic acids is 1. The van der Waals surface area contributed by atoms with Gasteiger partial charge < -0.3 is 81.3 Å². The van der Waals surface area contributed by atoms with Gasteiger partial charge in [0.2, 0.25) is 53.2 Å². The van der Waals surface area contributed by atoms with Crippen molar-refractivity contribution in [1.82, 2.24) is 47.5 Å². The fourth-order valence-electron chi connectivity index (χ4n) is 8.05. The Morgan fingerprint density at radius 3 is 1.95 bits per heavy atom. The van der Waals surface area contributed by atoms with E-state index in [4.69, 9.17) is 28.7 Å². The van der Waals surface area contributed by atoms with E-state index in [1.807, 2.05) is 18.2 Å². The summed E-state index contributed by atoms with van der Waals surface area (Å²) in [5.74, 6) is -10.2. The van der Waals surface area contributed by atoms with Crippen LogP contribution in [-0.4, -0.2) is 143 Å². The number of nitrogens with two attached hydrogens (primary N) is 5. The maximum absolute atomic E-state index is 14.5. The largest absolute Gasteiger partial charge is 0.481 e. The van der Waals surface area contributed by atoms with Gasteiger partial charge in [0, 0.05) is 56.5 Å². The number of hydrogen-bond donors (Lipinski definition) is 15. The van der Waals surface area contributed by atoms with Crippen molar-refractivity contribution in [3.05, 3.63) is 71.9 Å². The Morgan fingerprint density at radius 2 is 1.29 bits per heavy atom. The molecular weight excluding hydrogens is 977 g/mol. The molecule has 1 fully saturated rings. The van der Waals surface area contributed by atoms with Gasteiger partial charge in [-0.05, 0) is 62.1 Å². The van der Waals surface area contributed by atoms with Crippen molar-refractivity contribution in [2.75, 3.05) is 19.6 Å². The summed E-state index contributed by atoms with van der Waals surface area (Å²) in [6.45, 7) is 1.18. The Balaban J connectivity index is 1.78. The van der Waals surface area contributed by atoms with Crippen LogP contribution in [0.15, 0.2) is 70.8 Å². The lowest BCUT2D eigenvalue weighted by molar-refractivity contribution is -0.142. The van der Waals surface area contributed by atoms with Gasteiger partial charge in [0.1, 0.15) is 42.3 Å². The molecule has 1 aliphatic rings. The van der Waals surface area contributed by atoms with Gasteiger partial charge >= 0.3 is 5.97 Å². The molecule has 3 aromatic rings. The summed E-state index contributed by atoms with van der Waals surface area (Å²) in [4.78, 5) is 147. The Hall–Kier alpha value is -8.78. The highest BCUT2D eigenvalue weighted by Crippen LogP contribution is 2.20. The van der Waals surface area contributed by atoms with Crippen molar-refractivity contribution >= 4 is 82.0 Å². The van der Waals surface area contributed by atoms with Crippen LogP contribution in [0.25, 0.3) is 10.9 Å². The SMILES string of the molecule is CC(=O)N[C@@H](CCCN=C(N)N)C(=O)N[C@H]1CC(=O)NCCCC[C@@H](C(N)=O)NC(=O)[C@H](Cc2c[nH]c3ccccc23)NC(=O)[C@H](CCCN=C(N)N)NC(=O)[C@@H](Cc2ccccc2)NC(=O)[C@@H](CC(=O)O)NC1=O. The van der Waals surface area contributed by atoms with Crippen molar-refractivity contribution < 1.29 is 53.1 Å². The smallest absolute Gasteiger partial charge is 0.305 e. The zero-order valence-electron chi connectivity index (χ0n) is 41.5. The minimum Gasteiger partial charge on any atom is -0.481 e. The number of benzene rings is 2. The molecule has 27 heteroatoms. The molecule has 0 radical (unpaired) electrons. The van der Waals surface area contributed by atoms with Crippen molar-refractivity contribution in [2.45, 2.75) is 120 Å². The quantitative estimate of drug-likeness (QED) is 0.0329. The maximum atomic E-state index is 14.5. The Morgan fingerprint density at radius 1 is 0.707 bits per heavy atom. The number of primary amides is 1. The summed E-state index contributed by atoms with van der Waals surface area (Å²) >= 11 is 0. The summed E-state index contributed by atoms with van der Waals surface area (Å²) in [6, 6.07) is 4.89. The summed E-state index contributed by atoms with van der Waals surface area (Å²) in [5, 5.41) is 31.0. The van der Waals surface area contributed by atoms with Gasteiger partial charge in [0.25, 0.3) is 0 Å². The fourth-order valence-corrected chi connectivity index (χ4v) is 8.05. The highest BCUT2D eigenvalue weighted by Gasteiger charge is 2.36. The lowest BCUT2D eigenvalue weighted by Crippen LogP contribution is -2.61. The Kier molecular flexibility index (Phi) is 23.3. The van der Waals surface area contributed by atoms with Gasteiger partial charge in [0.15, 0.2) is 11.9 Å². The zero-order chi connectivity index (χ0) is 55.0. The fraction of sp³-hybridized carbons (Fsp3) is 0.458. The number of hydrogen-bond acceptors (Lipinski definition) is 12. The third-order valence-electron chi connectivity index (χ3n) is 11.8. The maximum Gasteiger partial charge on any atom is 0.305 e. The van der Waals surface area contributed by atoms with Crippen LogP contribution in [0.4, 0.5) is 0 Å². The number of rotatable bonds is 18. The highest BCUT2D eigenvalue weighted by atomic mass is 16.4. The topological polar surface area (TPSA) is 458 Å². The number of carbonyl (C=O) groups excluding carboxylic acids is 9. The summed E-state index contributed by atoms with van der Waals surface area (Å²) in [5.41, 5.74) is 29.5. The van der Waals surface area contributed by atoms with Gasteiger partial charge in [-0.3, -0.25) is 57.9 Å². The normalized spacial score (nSPS) is 21.0. The monoisotopic (exact) mass is 1040 g/mol. The summed E-state index contributed by atoms with van der Waals surface area (Å²) in [7, 11) is 0. The first-order valence-corrected chi connectivity index (χ1v) is 24.3. The molecule has 20 N–H and O–H groups in total. The van der Waals surface area contributed by atoms with Crippen LogP contribution in [-0.2, 0) is 60.8 Å². The number of aromatic amines is 1. The number of fused-ring (bicyclic) bond motifs is 1. The molecule has 0 saturated carbocycles. The van der Waals surface area contributed by atoms with Crippen LogP contribution < -0.4 is 71.2 Å². The Labute approximate surface area is 431 Å². The molecule has 2 aromatic carbocycles. The molecule has 0 bridgehead atoms. The second-order valence-corrected chi connectivity index (χ2v) is 17.8. The number of amides is 9. The third-order valence-corrected chi connectivity index (χ3v) is 11.8. The van der Waals surface area contributed by atoms with Crippen molar-refractivity contribution in [3.63, 3.8) is 0 Å². The molecule has 75 heavy (non-hydrogen) atoms. The first-order chi connectivity index (χ1) is 35.7. The molecule has 0 spiro atoms. The molecule has 1 aromatic heterocycles. The number of carboxylic acid groups (broad SMARTS) is 1. The third kappa shape index (κ3) is 20.3. The predicted molar refractivity (Wildman–Crippen MR) is 274 cm³/mol. The van der Waals surface area contributed by atoms with Gasteiger partial charge in [-0.2, -0.15) is 0 Å². The van der Waals surface area contributed by atoms with E-state index in [0.717, 1.165) is 17.8 Å². The molecule has 4 rings (SSSR count). The number of nitrogens with zero attached hydrogens (tertiary/aromatic N) is 2. The molecular formula is C48H68N16O11. The summed E-state index contributed by atoms with van der Waals surface area (Å²) < 4.78 is 0. The number of carboxylic acids is 1. The minimum absolute atomic E-state index is 0.0121. The van der Waals surface area contributed by atoms with Crippen LogP contribution in [0.5, 0.6) is 0 Å². The van der Waals surface area contributed by atoms with Crippen LogP contribution >= 0.6 is 0 Å². The van der Waals surface area contributed by atoms with Crippen molar-refractivity contribution in [1.29, 1.82) is 0 Å². The van der Waals surface area contributed by atoms with E-state index in [-0.39, 0.29) is 89.3 Å². The standard InChI is InChI=1S/C48H68N16O11/c1-26(65)58-32(16-9-19-55-47(50)51)41(70)63-36-23-38(66)54-18-8-7-15-31(40(49)69)59-44(73)35(22-28-25-57-30-14-6-5-13-29(28)30)62-42(71)33(17-10-20-56-48(52)53)60-43(72)34(21-27-11-3-2-4-12-27)61-46(75)37(24-39(67)68)64-45(36)74/h2-6,11-14,25,31-37,57H,7-10,15-24H2,1H3,(H2,49,69)(H,54,66)(H,58,65)(H,59,73)(H,60,72)(H,61,75)(H,62,71)(H,63,70)(H,64,74)(H,67,68)(H4,50,51,55)(H4,52,53,56)/t31-,32-,33-,34+,35-,36-,37+/m0/s1. The van der Waals surface area contributed by atoms with Gasteiger partial charge in [-0.25, -0.2) is 0 Å². The van der Waals surface area contributed by atoms with Crippen molar-refractivity contribution in [2.24, 2.45) is 38.7 Å². The van der Waals surface area contributed by atoms with Crippen LogP contribution in [0.2, 0.25) is 0 Å². The lowest BCUT2D eigenvalue weighted by Gasteiger charge is -2.27. The number of aromatic nitrogens is 1. The van der Waals surface area contributed by atoms with Gasteiger partial charge in [0.05, 0.1) is 12.8 Å². The van der Waals surface area contributed by atoms with E-state index >= 15 is 0 Å². The number of para-hydroxylation sites is 1. The Bertz CT molecular complexity index is 2560. The predicted octanol–water partition coefficient (Wildman–Crippen LogP) is -3.88. The molecule has 1 saturated heterocycles. The summed E-state index contributed by atoms with van der Waals surface area (Å²) in [6.07, 6.45) is 0.0388. The van der Waals surface area contributed by atoms with Crippen LogP contribution in [0, 0.1) is 0 Å². The highest BCUT2D eigenvalue weighted by molar-refractivity contribution is 6.00. The van der Waals surface area contributed by atoms with Gasteiger partial charge in [-0.15, -0.1) is 0 Å².